The van der Waals surface area contributed by atoms with Gasteiger partial charge in [0, 0.05) is 11.8 Å². The normalized spacial score (nSPS) is 17.2. The fourth-order valence-electron chi connectivity index (χ4n) is 2.92. The van der Waals surface area contributed by atoms with Gasteiger partial charge in [0.1, 0.15) is 11.9 Å². The molecular weight excluding hydrogens is 290 g/mol. The second-order valence-electron chi connectivity index (χ2n) is 5.79. The number of aliphatic imine (C=N–C) groups is 1. The third kappa shape index (κ3) is 2.68. The molecule has 0 amide bonds. The molecule has 1 unspecified atom stereocenters. The number of nitrogens with zero attached hydrogens (tertiary/aromatic N) is 2. The molecule has 5 nitrogen and oxygen atoms in total. The lowest BCUT2D eigenvalue weighted by molar-refractivity contribution is -0.109. The Bertz CT molecular complexity index is 727. The van der Waals surface area contributed by atoms with Crippen molar-refractivity contribution < 1.29 is 9.90 Å². The van der Waals surface area contributed by atoms with Crippen LogP contribution in [0, 0.1) is 0 Å². The Morgan fingerprint density at radius 2 is 1.96 bits per heavy atom. The lowest BCUT2D eigenvalue weighted by Crippen LogP contribution is -2.31. The van der Waals surface area contributed by atoms with Crippen molar-refractivity contribution in [2.45, 2.75) is 38.3 Å². The molecule has 0 bridgehead atoms. The van der Waals surface area contributed by atoms with Gasteiger partial charge in [0.25, 0.3) is 0 Å². The van der Waals surface area contributed by atoms with Gasteiger partial charge in [-0.1, -0.05) is 38.1 Å². The minimum absolute atomic E-state index is 0.496. The highest BCUT2D eigenvalue weighted by Crippen LogP contribution is 2.29. The average molecular weight is 311 g/mol. The van der Waals surface area contributed by atoms with Gasteiger partial charge in [-0.15, -0.1) is 0 Å². The van der Waals surface area contributed by atoms with Gasteiger partial charge < -0.3 is 9.90 Å². The fraction of sp³-hybridized carbons (Fsp3) is 0.333. The van der Waals surface area contributed by atoms with E-state index in [4.69, 9.17) is 0 Å². The molecule has 1 aromatic carbocycles. The number of fused-ring (bicyclic) bond motifs is 1. The third-order valence-electron chi connectivity index (χ3n) is 4.57. The van der Waals surface area contributed by atoms with Crippen LogP contribution in [0.15, 0.2) is 47.6 Å². The van der Waals surface area contributed by atoms with Gasteiger partial charge in [-0.2, -0.15) is 0 Å². The molecule has 120 valence electrons. The van der Waals surface area contributed by atoms with Crippen molar-refractivity contribution in [3.63, 3.8) is 0 Å². The Labute approximate surface area is 135 Å². The average Bonchev–Trinajstić information content (AvgIpc) is 3.09. The first-order valence-electron chi connectivity index (χ1n) is 7.92. The number of aldehydes is 1. The van der Waals surface area contributed by atoms with E-state index < -0.39 is 11.6 Å². The van der Waals surface area contributed by atoms with Crippen LogP contribution in [0.3, 0.4) is 0 Å². The van der Waals surface area contributed by atoms with Gasteiger partial charge in [-0.3, -0.25) is 10.1 Å². The van der Waals surface area contributed by atoms with E-state index in [1.807, 2.05) is 61.1 Å². The van der Waals surface area contributed by atoms with Crippen molar-refractivity contribution >= 4 is 12.1 Å². The quantitative estimate of drug-likeness (QED) is 0.834. The highest BCUT2D eigenvalue weighted by Gasteiger charge is 2.25. The molecule has 0 radical (unpaired) electrons. The number of rotatable bonds is 5. The molecule has 0 fully saturated rings. The predicted molar refractivity (Wildman–Crippen MR) is 90.1 cm³/mol. The largest absolute Gasteiger partial charge is 0.385 e. The number of nitrogens with one attached hydrogen (secondary N) is 1. The van der Waals surface area contributed by atoms with Crippen LogP contribution in [0.1, 0.15) is 49.6 Å². The summed E-state index contributed by atoms with van der Waals surface area (Å²) in [5.41, 5.74) is 5.01. The summed E-state index contributed by atoms with van der Waals surface area (Å²) in [6.07, 6.45) is 4.04. The Morgan fingerprint density at radius 1 is 1.26 bits per heavy atom. The van der Waals surface area contributed by atoms with Crippen molar-refractivity contribution in [3.05, 3.63) is 59.4 Å². The molecule has 1 atom stereocenters. The van der Waals surface area contributed by atoms with Crippen LogP contribution in [0.5, 0.6) is 0 Å². The topological polar surface area (TPSA) is 66.6 Å². The van der Waals surface area contributed by atoms with E-state index in [0.717, 1.165) is 23.1 Å². The number of aromatic nitrogens is 1. The Hall–Kier alpha value is -2.40. The minimum Gasteiger partial charge on any atom is -0.385 e. The van der Waals surface area contributed by atoms with Crippen molar-refractivity contribution in [1.29, 1.82) is 0 Å². The lowest BCUT2D eigenvalue weighted by atomic mass is 9.88. The number of aliphatic hydroxyl groups is 1. The van der Waals surface area contributed by atoms with E-state index in [0.29, 0.717) is 18.7 Å². The van der Waals surface area contributed by atoms with Crippen molar-refractivity contribution in [2.24, 2.45) is 4.99 Å². The smallest absolute Gasteiger partial charge is 0.150 e. The fourth-order valence-corrected chi connectivity index (χ4v) is 2.92. The number of carbonyl (C=O) groups is 1. The summed E-state index contributed by atoms with van der Waals surface area (Å²) in [5.74, 6) is 0.647. The summed E-state index contributed by atoms with van der Waals surface area (Å²) >= 11 is 0. The van der Waals surface area contributed by atoms with E-state index in [-0.39, 0.29) is 0 Å². The van der Waals surface area contributed by atoms with Crippen LogP contribution in [-0.4, -0.2) is 21.9 Å². The van der Waals surface area contributed by atoms with E-state index in [2.05, 4.69) is 10.4 Å². The highest BCUT2D eigenvalue weighted by atomic mass is 16.3. The zero-order chi connectivity index (χ0) is 16.4. The molecule has 1 aliphatic heterocycles. The number of hydrogen-bond acceptors (Lipinski definition) is 4. The van der Waals surface area contributed by atoms with Gasteiger partial charge in [0.2, 0.25) is 0 Å². The number of benzene rings is 1. The van der Waals surface area contributed by atoms with Crippen LogP contribution in [-0.2, 0) is 10.4 Å². The van der Waals surface area contributed by atoms with Gasteiger partial charge in [-0.25, -0.2) is 4.99 Å². The second kappa shape index (κ2) is 6.01. The first-order chi connectivity index (χ1) is 11.1. The van der Waals surface area contributed by atoms with E-state index in [1.165, 1.54) is 0 Å². The minimum atomic E-state index is -0.792. The summed E-state index contributed by atoms with van der Waals surface area (Å²) in [7, 11) is 0. The Balaban J connectivity index is 1.91. The van der Waals surface area contributed by atoms with Gasteiger partial charge in [0.05, 0.1) is 11.3 Å². The molecule has 0 aliphatic carbocycles. The molecule has 0 spiro atoms. The number of hydrogen-bond donors (Lipinski definition) is 2. The monoisotopic (exact) mass is 311 g/mol. The van der Waals surface area contributed by atoms with Crippen molar-refractivity contribution in [1.82, 2.24) is 4.68 Å². The predicted octanol–water partition coefficient (Wildman–Crippen LogP) is 2.74. The molecule has 1 aromatic heterocycles. The van der Waals surface area contributed by atoms with Crippen LogP contribution < -0.4 is 5.43 Å². The molecule has 1 aliphatic rings. The summed E-state index contributed by atoms with van der Waals surface area (Å²) in [6, 6.07) is 11.0. The zero-order valence-electron chi connectivity index (χ0n) is 13.4. The van der Waals surface area contributed by atoms with Crippen LogP contribution in [0.4, 0.5) is 0 Å². The molecule has 0 saturated heterocycles. The standard InChI is InChI=1S/C18H21N3O2/c1-3-18(23,4-2)14-9-7-13(8-10-14)17-19-15(12-22)16-6-5-11-21(16)20-17/h5-12,15,23H,3-4H2,1-2H3,(H,19,20). The molecular formula is C18H21N3O2. The second-order valence-corrected chi connectivity index (χ2v) is 5.79. The van der Waals surface area contributed by atoms with Gasteiger partial charge in [-0.05, 0) is 30.5 Å². The van der Waals surface area contributed by atoms with Crippen LogP contribution in [0.25, 0.3) is 0 Å². The molecule has 3 rings (SSSR count). The first kappa shape index (κ1) is 15.5. The Morgan fingerprint density at radius 3 is 2.57 bits per heavy atom. The number of amidine groups is 1. The highest BCUT2D eigenvalue weighted by molar-refractivity contribution is 6.05. The SMILES string of the molecule is CCC(O)(CC)c1ccc(C2=NC(C=O)c3cccn3N2)cc1. The van der Waals surface area contributed by atoms with E-state index >= 15 is 0 Å². The van der Waals surface area contributed by atoms with Crippen molar-refractivity contribution in [2.75, 3.05) is 5.43 Å². The van der Waals surface area contributed by atoms with E-state index in [9.17, 15) is 9.90 Å². The molecule has 23 heavy (non-hydrogen) atoms. The van der Waals surface area contributed by atoms with E-state index in [1.54, 1.807) is 0 Å². The summed E-state index contributed by atoms with van der Waals surface area (Å²) in [4.78, 5) is 15.7. The maximum Gasteiger partial charge on any atom is 0.150 e. The Kier molecular flexibility index (Phi) is 4.05. The molecule has 0 saturated carbocycles. The number of carbonyl (C=O) groups excluding carboxylic acids is 1. The zero-order valence-corrected chi connectivity index (χ0v) is 13.4. The molecule has 2 N–H and O–H groups in total. The lowest BCUT2D eigenvalue weighted by Gasteiger charge is -2.26. The third-order valence-corrected chi connectivity index (χ3v) is 4.57. The maximum absolute atomic E-state index is 11.3. The first-order valence-corrected chi connectivity index (χ1v) is 7.92. The molecule has 5 heteroatoms. The summed E-state index contributed by atoms with van der Waals surface area (Å²) < 4.78 is 1.81. The van der Waals surface area contributed by atoms with Gasteiger partial charge >= 0.3 is 0 Å². The molecule has 2 heterocycles. The summed E-state index contributed by atoms with van der Waals surface area (Å²) in [5, 5.41) is 10.6. The maximum atomic E-state index is 11.3. The van der Waals surface area contributed by atoms with Gasteiger partial charge in [0.15, 0.2) is 6.29 Å². The van der Waals surface area contributed by atoms with Crippen molar-refractivity contribution in [3.8, 4) is 0 Å². The van der Waals surface area contributed by atoms with Crippen LogP contribution >= 0.6 is 0 Å². The van der Waals surface area contributed by atoms with Crippen LogP contribution in [0.2, 0.25) is 0 Å². The summed E-state index contributed by atoms with van der Waals surface area (Å²) in [6.45, 7) is 3.96. The molecule has 2 aromatic rings.